The molecule has 3 heterocycles. The molecular formula is C30H27F3N6O3S2. The van der Waals surface area contributed by atoms with Crippen molar-refractivity contribution in [1.29, 1.82) is 0 Å². The summed E-state index contributed by atoms with van der Waals surface area (Å²) in [6, 6.07) is 14.1. The number of ether oxygens (including phenoxy) is 2. The molecule has 0 aliphatic heterocycles. The van der Waals surface area contributed by atoms with Gasteiger partial charge < -0.3 is 14.4 Å². The highest BCUT2D eigenvalue weighted by Gasteiger charge is 2.31. The number of benzene rings is 2. The van der Waals surface area contributed by atoms with Crippen LogP contribution in [0.2, 0.25) is 0 Å². The number of halogens is 3. The molecule has 0 unspecified atom stereocenters. The van der Waals surface area contributed by atoms with E-state index in [1.54, 1.807) is 66.7 Å². The molecule has 0 saturated heterocycles. The largest absolute Gasteiger partial charge is 0.493 e. The van der Waals surface area contributed by atoms with Gasteiger partial charge in [-0.05, 0) is 54.4 Å². The molecule has 0 spiro atoms. The second-order valence-electron chi connectivity index (χ2n) is 9.51. The van der Waals surface area contributed by atoms with Crippen LogP contribution in [0.5, 0.6) is 11.5 Å². The predicted octanol–water partition coefficient (Wildman–Crippen LogP) is 6.43. The number of amides is 1. The summed E-state index contributed by atoms with van der Waals surface area (Å²) in [6.07, 6.45) is -0.730. The first-order chi connectivity index (χ1) is 21.2. The minimum Gasteiger partial charge on any atom is -0.493 e. The molecule has 2 aromatic carbocycles. The molecule has 0 N–H and O–H groups in total. The molecule has 9 nitrogen and oxygen atoms in total. The summed E-state index contributed by atoms with van der Waals surface area (Å²) in [5.74, 6) is 1.72. The van der Waals surface area contributed by atoms with E-state index in [-0.39, 0.29) is 11.6 Å². The number of carbonyl (C=O) groups excluding carboxylic acids is 1. The topological polar surface area (TPSA) is 95.3 Å². The van der Waals surface area contributed by atoms with Crippen LogP contribution in [0.1, 0.15) is 26.6 Å². The number of hydrogen-bond donors (Lipinski definition) is 0. The Morgan fingerprint density at radius 3 is 2.59 bits per heavy atom. The van der Waals surface area contributed by atoms with Crippen molar-refractivity contribution >= 4 is 29.0 Å². The molecule has 5 rings (SSSR count). The Labute approximate surface area is 259 Å². The average Bonchev–Trinajstić information content (AvgIpc) is 3.69. The third-order valence-corrected chi connectivity index (χ3v) is 8.58. The Balaban J connectivity index is 1.30. The quantitative estimate of drug-likeness (QED) is 0.153. The third kappa shape index (κ3) is 7.03. The molecule has 0 aliphatic rings. The summed E-state index contributed by atoms with van der Waals surface area (Å²) < 4.78 is 52.8. The molecule has 0 bridgehead atoms. The van der Waals surface area contributed by atoms with Crippen molar-refractivity contribution in [3.05, 3.63) is 94.2 Å². The molecule has 44 heavy (non-hydrogen) atoms. The summed E-state index contributed by atoms with van der Waals surface area (Å²) in [4.78, 5) is 23.3. The monoisotopic (exact) mass is 640 g/mol. The van der Waals surface area contributed by atoms with E-state index < -0.39 is 11.7 Å². The Morgan fingerprint density at radius 2 is 1.86 bits per heavy atom. The lowest BCUT2D eigenvalue weighted by atomic mass is 10.1. The van der Waals surface area contributed by atoms with E-state index in [4.69, 9.17) is 9.47 Å². The van der Waals surface area contributed by atoms with Crippen molar-refractivity contribution in [2.45, 2.75) is 23.5 Å². The van der Waals surface area contributed by atoms with Crippen LogP contribution < -0.4 is 9.47 Å². The summed E-state index contributed by atoms with van der Waals surface area (Å²) in [6.45, 7) is 0.465. The van der Waals surface area contributed by atoms with Crippen LogP contribution in [0, 0.1) is 0 Å². The summed E-state index contributed by atoms with van der Waals surface area (Å²) in [5, 5.41) is 11.3. The number of aromatic nitrogens is 5. The first-order valence-electron chi connectivity index (χ1n) is 13.2. The van der Waals surface area contributed by atoms with Gasteiger partial charge in [0.05, 0.1) is 31.2 Å². The van der Waals surface area contributed by atoms with E-state index in [9.17, 15) is 18.0 Å². The molecule has 0 fully saturated rings. The normalized spacial score (nSPS) is 11.4. The maximum Gasteiger partial charge on any atom is 0.416 e. The van der Waals surface area contributed by atoms with E-state index in [1.807, 2.05) is 18.2 Å². The zero-order valence-corrected chi connectivity index (χ0v) is 25.5. The van der Waals surface area contributed by atoms with Gasteiger partial charge in [-0.25, -0.2) is 4.98 Å². The number of hydrogen-bond acceptors (Lipinski definition) is 9. The number of nitrogens with zero attached hydrogens (tertiary/aromatic N) is 6. The first kappa shape index (κ1) is 31.0. The van der Waals surface area contributed by atoms with Gasteiger partial charge >= 0.3 is 6.18 Å². The fraction of sp³-hybridized carbons (Fsp3) is 0.233. The van der Waals surface area contributed by atoms with Crippen LogP contribution in [0.3, 0.4) is 0 Å². The lowest BCUT2D eigenvalue weighted by molar-refractivity contribution is -0.137. The number of rotatable bonds is 11. The molecular weight excluding hydrogens is 613 g/mol. The van der Waals surface area contributed by atoms with Gasteiger partial charge in [0, 0.05) is 36.9 Å². The van der Waals surface area contributed by atoms with Gasteiger partial charge in [0.15, 0.2) is 22.5 Å². The standard InChI is InChI=1S/C30H27F3N6O3S2/c1-38(13-11-19-9-10-24(41-2)25(14-19)42-3)28(40)23-17-43-26(35-23)18-44-29-37-36-27(20-6-5-12-34-16-20)39(29)22-8-4-7-21(15-22)30(31,32)33/h4-10,12,14-17H,11,13,18H2,1-3H3. The lowest BCUT2D eigenvalue weighted by Crippen LogP contribution is -2.29. The van der Waals surface area contributed by atoms with Crippen molar-refractivity contribution in [2.75, 3.05) is 27.8 Å². The number of likely N-dealkylation sites (N-methyl/N-ethyl adjacent to an activating group) is 1. The zero-order chi connectivity index (χ0) is 31.3. The number of thioether (sulfide) groups is 1. The SMILES string of the molecule is COc1ccc(CCN(C)C(=O)c2csc(CSc3nnc(-c4cccnc4)n3-c3cccc(C(F)(F)F)c3)n2)cc1OC. The second-order valence-corrected chi connectivity index (χ2v) is 11.4. The van der Waals surface area contributed by atoms with Crippen LogP contribution in [0.25, 0.3) is 17.1 Å². The molecule has 0 aliphatic carbocycles. The Bertz CT molecular complexity index is 1740. The number of pyridine rings is 1. The zero-order valence-electron chi connectivity index (χ0n) is 23.9. The number of carbonyl (C=O) groups is 1. The van der Waals surface area contributed by atoms with Gasteiger partial charge in [-0.3, -0.25) is 14.3 Å². The van der Waals surface area contributed by atoms with Gasteiger partial charge in [-0.15, -0.1) is 21.5 Å². The first-order valence-corrected chi connectivity index (χ1v) is 15.1. The summed E-state index contributed by atoms with van der Waals surface area (Å²) >= 11 is 2.58. The van der Waals surface area contributed by atoms with Gasteiger partial charge in [0.2, 0.25) is 0 Å². The number of methoxy groups -OCH3 is 2. The highest BCUT2D eigenvalue weighted by atomic mass is 32.2. The smallest absolute Gasteiger partial charge is 0.416 e. The van der Waals surface area contributed by atoms with Crippen LogP contribution in [0.4, 0.5) is 13.2 Å². The molecule has 228 valence electrons. The maximum atomic E-state index is 13.5. The van der Waals surface area contributed by atoms with Crippen molar-refractivity contribution in [3.8, 4) is 28.6 Å². The third-order valence-electron chi connectivity index (χ3n) is 6.61. The van der Waals surface area contributed by atoms with Gasteiger partial charge in [0.1, 0.15) is 10.7 Å². The predicted molar refractivity (Wildman–Crippen MR) is 161 cm³/mol. The van der Waals surface area contributed by atoms with Gasteiger partial charge in [0.25, 0.3) is 5.91 Å². The van der Waals surface area contributed by atoms with E-state index in [0.29, 0.717) is 57.5 Å². The Kier molecular flexibility index (Phi) is 9.49. The van der Waals surface area contributed by atoms with E-state index in [2.05, 4.69) is 20.2 Å². The lowest BCUT2D eigenvalue weighted by Gasteiger charge is -2.16. The molecule has 3 aromatic heterocycles. The maximum absolute atomic E-state index is 13.5. The highest BCUT2D eigenvalue weighted by molar-refractivity contribution is 7.98. The average molecular weight is 641 g/mol. The van der Waals surface area contributed by atoms with Crippen molar-refractivity contribution in [1.82, 2.24) is 29.6 Å². The van der Waals surface area contributed by atoms with Crippen LogP contribution >= 0.6 is 23.1 Å². The Morgan fingerprint density at radius 1 is 1.05 bits per heavy atom. The van der Waals surface area contributed by atoms with Gasteiger partial charge in [-0.1, -0.05) is 23.9 Å². The summed E-state index contributed by atoms with van der Waals surface area (Å²) in [5.41, 5.74) is 1.39. The van der Waals surface area contributed by atoms with Crippen LogP contribution in [-0.2, 0) is 18.3 Å². The fourth-order valence-electron chi connectivity index (χ4n) is 4.33. The minimum atomic E-state index is -4.51. The molecule has 0 saturated carbocycles. The van der Waals surface area contributed by atoms with Crippen molar-refractivity contribution in [2.24, 2.45) is 0 Å². The van der Waals surface area contributed by atoms with Crippen LogP contribution in [-0.4, -0.2) is 63.4 Å². The minimum absolute atomic E-state index is 0.219. The molecule has 0 atom stereocenters. The molecule has 1 amide bonds. The molecule has 14 heteroatoms. The number of alkyl halides is 3. The van der Waals surface area contributed by atoms with Gasteiger partial charge in [-0.2, -0.15) is 13.2 Å². The highest BCUT2D eigenvalue weighted by Crippen LogP contribution is 2.34. The van der Waals surface area contributed by atoms with Crippen LogP contribution in [0.15, 0.2) is 77.5 Å². The van der Waals surface area contributed by atoms with Crippen molar-refractivity contribution < 1.29 is 27.4 Å². The Hall–Kier alpha value is -4.43. The van der Waals surface area contributed by atoms with E-state index in [0.717, 1.165) is 17.7 Å². The van der Waals surface area contributed by atoms with E-state index >= 15 is 0 Å². The van der Waals surface area contributed by atoms with E-state index in [1.165, 1.54) is 29.2 Å². The molecule has 5 aromatic rings. The van der Waals surface area contributed by atoms with Crippen molar-refractivity contribution in [3.63, 3.8) is 0 Å². The number of thiazole rings is 1. The summed E-state index contributed by atoms with van der Waals surface area (Å²) in [7, 11) is 4.87. The second kappa shape index (κ2) is 13.5. The fourth-order valence-corrected chi connectivity index (χ4v) is 6.07. The molecule has 0 radical (unpaired) electrons.